The Bertz CT molecular complexity index is 277. The molecule has 0 saturated heterocycles. The van der Waals surface area contributed by atoms with Gasteiger partial charge in [0.25, 0.3) is 0 Å². The maximum absolute atomic E-state index is 9.06. The lowest BCUT2D eigenvalue weighted by Gasteiger charge is -2.04. The Labute approximate surface area is 102 Å². The molecule has 0 aromatic carbocycles. The average molecular weight is 240 g/mol. The second-order valence-electron chi connectivity index (χ2n) is 3.74. The standard InChI is InChI=1S/C12H20N2OS/c1-16-8-4-2-3-7-13-9-11-5-6-12(15)10-14-11/h5-6,10,13,15H,2-4,7-9H2,1H3. The first-order valence-electron chi connectivity index (χ1n) is 5.66. The molecule has 3 nitrogen and oxygen atoms in total. The maximum atomic E-state index is 9.06. The Morgan fingerprint density at radius 2 is 2.19 bits per heavy atom. The van der Waals surface area contributed by atoms with E-state index in [9.17, 15) is 0 Å². The largest absolute Gasteiger partial charge is 0.506 e. The molecule has 0 amide bonds. The second kappa shape index (κ2) is 8.42. The van der Waals surface area contributed by atoms with E-state index in [1.165, 1.54) is 31.2 Å². The van der Waals surface area contributed by atoms with Gasteiger partial charge in [-0.05, 0) is 43.5 Å². The summed E-state index contributed by atoms with van der Waals surface area (Å²) in [6.07, 6.45) is 7.44. The minimum absolute atomic E-state index is 0.223. The number of unbranched alkanes of at least 4 members (excludes halogenated alkanes) is 2. The number of hydrogen-bond acceptors (Lipinski definition) is 4. The molecule has 4 heteroatoms. The van der Waals surface area contributed by atoms with Crippen LogP contribution in [0, 0.1) is 0 Å². The highest BCUT2D eigenvalue weighted by Gasteiger charge is 1.94. The zero-order valence-corrected chi connectivity index (χ0v) is 10.6. The van der Waals surface area contributed by atoms with E-state index in [0.717, 1.165) is 18.8 Å². The van der Waals surface area contributed by atoms with Crippen LogP contribution < -0.4 is 5.32 Å². The van der Waals surface area contributed by atoms with Gasteiger partial charge in [-0.25, -0.2) is 0 Å². The molecule has 1 heterocycles. The summed E-state index contributed by atoms with van der Waals surface area (Å²) in [6, 6.07) is 3.51. The van der Waals surface area contributed by atoms with E-state index in [0.29, 0.717) is 0 Å². The van der Waals surface area contributed by atoms with E-state index in [-0.39, 0.29) is 5.75 Å². The topological polar surface area (TPSA) is 45.1 Å². The van der Waals surface area contributed by atoms with Crippen molar-refractivity contribution in [1.29, 1.82) is 0 Å². The normalized spacial score (nSPS) is 10.6. The molecule has 0 saturated carbocycles. The molecule has 1 aromatic rings. The van der Waals surface area contributed by atoms with Crippen molar-refractivity contribution >= 4 is 11.8 Å². The van der Waals surface area contributed by atoms with Crippen LogP contribution in [0.3, 0.4) is 0 Å². The summed E-state index contributed by atoms with van der Waals surface area (Å²) in [5.41, 5.74) is 0.974. The lowest BCUT2D eigenvalue weighted by molar-refractivity contribution is 0.471. The quantitative estimate of drug-likeness (QED) is 0.685. The minimum Gasteiger partial charge on any atom is -0.506 e. The van der Waals surface area contributed by atoms with Gasteiger partial charge in [-0.2, -0.15) is 11.8 Å². The van der Waals surface area contributed by atoms with Gasteiger partial charge in [0.15, 0.2) is 0 Å². The number of aromatic nitrogens is 1. The van der Waals surface area contributed by atoms with E-state index in [1.807, 2.05) is 17.8 Å². The fourth-order valence-corrected chi connectivity index (χ4v) is 1.90. The zero-order valence-electron chi connectivity index (χ0n) is 9.78. The summed E-state index contributed by atoms with van der Waals surface area (Å²) in [6.45, 7) is 1.82. The Morgan fingerprint density at radius 1 is 1.31 bits per heavy atom. The Kier molecular flexibility index (Phi) is 7.01. The van der Waals surface area contributed by atoms with Crippen LogP contribution in [0.25, 0.3) is 0 Å². The number of nitrogens with one attached hydrogen (secondary N) is 1. The minimum atomic E-state index is 0.223. The van der Waals surface area contributed by atoms with Gasteiger partial charge in [0.1, 0.15) is 5.75 Å². The highest BCUT2D eigenvalue weighted by molar-refractivity contribution is 7.98. The predicted molar refractivity (Wildman–Crippen MR) is 69.8 cm³/mol. The summed E-state index contributed by atoms with van der Waals surface area (Å²) in [4.78, 5) is 4.11. The second-order valence-corrected chi connectivity index (χ2v) is 4.72. The fraction of sp³-hybridized carbons (Fsp3) is 0.583. The van der Waals surface area contributed by atoms with Gasteiger partial charge >= 0.3 is 0 Å². The van der Waals surface area contributed by atoms with Crippen LogP contribution in [0.5, 0.6) is 5.75 Å². The number of pyridine rings is 1. The van der Waals surface area contributed by atoms with Crippen LogP contribution in [0.15, 0.2) is 18.3 Å². The highest BCUT2D eigenvalue weighted by atomic mass is 32.2. The van der Waals surface area contributed by atoms with Crippen molar-refractivity contribution in [2.75, 3.05) is 18.6 Å². The van der Waals surface area contributed by atoms with Crippen LogP contribution >= 0.6 is 11.8 Å². The van der Waals surface area contributed by atoms with Gasteiger partial charge in [-0.15, -0.1) is 0 Å². The summed E-state index contributed by atoms with van der Waals surface area (Å²) >= 11 is 1.91. The SMILES string of the molecule is CSCCCCCNCc1ccc(O)cn1. The molecule has 0 fully saturated rings. The van der Waals surface area contributed by atoms with Crippen LogP contribution in [0.4, 0.5) is 0 Å². The summed E-state index contributed by atoms with van der Waals surface area (Å²) in [5.74, 6) is 1.49. The molecule has 0 aliphatic heterocycles. The van der Waals surface area contributed by atoms with E-state index < -0.39 is 0 Å². The van der Waals surface area contributed by atoms with Gasteiger partial charge in [0.05, 0.1) is 11.9 Å². The Balaban J connectivity index is 2.01. The molecule has 0 aliphatic rings. The average Bonchev–Trinajstić information content (AvgIpc) is 2.30. The van der Waals surface area contributed by atoms with Crippen LogP contribution in [-0.4, -0.2) is 28.6 Å². The van der Waals surface area contributed by atoms with Gasteiger partial charge in [0.2, 0.25) is 0 Å². The number of nitrogens with zero attached hydrogens (tertiary/aromatic N) is 1. The molecule has 0 bridgehead atoms. The Morgan fingerprint density at radius 3 is 2.88 bits per heavy atom. The third-order valence-electron chi connectivity index (χ3n) is 2.32. The molecule has 0 radical (unpaired) electrons. The first-order valence-corrected chi connectivity index (χ1v) is 7.06. The van der Waals surface area contributed by atoms with Crippen molar-refractivity contribution in [2.24, 2.45) is 0 Å². The third-order valence-corrected chi connectivity index (χ3v) is 3.01. The number of aromatic hydroxyl groups is 1. The fourth-order valence-electron chi connectivity index (χ4n) is 1.41. The monoisotopic (exact) mass is 240 g/mol. The van der Waals surface area contributed by atoms with Crippen molar-refractivity contribution in [1.82, 2.24) is 10.3 Å². The molecule has 1 aromatic heterocycles. The van der Waals surface area contributed by atoms with Crippen molar-refractivity contribution in [2.45, 2.75) is 25.8 Å². The van der Waals surface area contributed by atoms with Gasteiger partial charge in [-0.1, -0.05) is 6.42 Å². The highest BCUT2D eigenvalue weighted by Crippen LogP contribution is 2.05. The molecule has 1 rings (SSSR count). The third kappa shape index (κ3) is 5.98. The summed E-state index contributed by atoms with van der Waals surface area (Å²) in [5, 5.41) is 12.4. The number of hydrogen-bond donors (Lipinski definition) is 2. The number of rotatable bonds is 8. The van der Waals surface area contributed by atoms with Crippen LogP contribution in [-0.2, 0) is 6.54 Å². The number of thioether (sulfide) groups is 1. The van der Waals surface area contributed by atoms with E-state index in [4.69, 9.17) is 5.11 Å². The van der Waals surface area contributed by atoms with Gasteiger partial charge in [0, 0.05) is 6.54 Å². The van der Waals surface area contributed by atoms with Crippen molar-refractivity contribution in [3.63, 3.8) is 0 Å². The van der Waals surface area contributed by atoms with Crippen LogP contribution in [0.2, 0.25) is 0 Å². The van der Waals surface area contributed by atoms with Crippen molar-refractivity contribution in [3.05, 3.63) is 24.0 Å². The van der Waals surface area contributed by atoms with Gasteiger partial charge in [-0.3, -0.25) is 4.98 Å². The smallest absolute Gasteiger partial charge is 0.133 e. The molecule has 0 atom stereocenters. The predicted octanol–water partition coefficient (Wildman–Crippen LogP) is 2.41. The lowest BCUT2D eigenvalue weighted by atomic mass is 10.2. The first-order chi connectivity index (χ1) is 7.83. The molecular weight excluding hydrogens is 220 g/mol. The summed E-state index contributed by atoms with van der Waals surface area (Å²) in [7, 11) is 0. The molecule has 16 heavy (non-hydrogen) atoms. The maximum Gasteiger partial charge on any atom is 0.133 e. The van der Waals surface area contributed by atoms with E-state index in [1.54, 1.807) is 6.07 Å². The molecule has 0 aliphatic carbocycles. The molecular formula is C12H20N2OS. The van der Waals surface area contributed by atoms with E-state index >= 15 is 0 Å². The lowest BCUT2D eigenvalue weighted by Crippen LogP contribution is -2.15. The Hall–Kier alpha value is -0.740. The first kappa shape index (κ1) is 13.3. The molecule has 2 N–H and O–H groups in total. The molecule has 90 valence electrons. The summed E-state index contributed by atoms with van der Waals surface area (Å²) < 4.78 is 0. The van der Waals surface area contributed by atoms with Crippen LogP contribution in [0.1, 0.15) is 25.0 Å². The molecule has 0 spiro atoms. The van der Waals surface area contributed by atoms with Crippen molar-refractivity contribution < 1.29 is 5.11 Å². The molecule has 0 unspecified atom stereocenters. The van der Waals surface area contributed by atoms with Crippen molar-refractivity contribution in [3.8, 4) is 5.75 Å². The van der Waals surface area contributed by atoms with Gasteiger partial charge < -0.3 is 10.4 Å². The zero-order chi connectivity index (χ0) is 11.6. The van der Waals surface area contributed by atoms with E-state index in [2.05, 4.69) is 16.6 Å².